The van der Waals surface area contributed by atoms with E-state index in [9.17, 15) is 0 Å². The van der Waals surface area contributed by atoms with Crippen molar-refractivity contribution in [1.82, 2.24) is 4.98 Å². The Morgan fingerprint density at radius 2 is 2.30 bits per heavy atom. The van der Waals surface area contributed by atoms with Crippen LogP contribution in [-0.4, -0.2) is 4.98 Å². The molecule has 0 spiro atoms. The van der Waals surface area contributed by atoms with Crippen molar-refractivity contribution in [2.24, 2.45) is 0 Å². The van der Waals surface area contributed by atoms with Crippen LogP contribution in [0.3, 0.4) is 0 Å². The van der Waals surface area contributed by atoms with Crippen LogP contribution in [0.5, 0.6) is 0 Å². The van der Waals surface area contributed by atoms with Crippen LogP contribution in [0.4, 0.5) is 0 Å². The molecule has 1 rings (SSSR count). The van der Waals surface area contributed by atoms with Gasteiger partial charge in [0.15, 0.2) is 0 Å². The molecule has 0 saturated heterocycles. The molecule has 0 radical (unpaired) electrons. The van der Waals surface area contributed by atoms with Crippen molar-refractivity contribution >= 4 is 24.0 Å². The molecular formula is C7H11NS2. The van der Waals surface area contributed by atoms with E-state index in [2.05, 4.69) is 24.5 Å². The van der Waals surface area contributed by atoms with Crippen molar-refractivity contribution in [3.05, 3.63) is 15.6 Å². The number of thiol groups is 1. The van der Waals surface area contributed by atoms with Gasteiger partial charge >= 0.3 is 0 Å². The van der Waals surface area contributed by atoms with E-state index in [1.807, 2.05) is 6.92 Å². The van der Waals surface area contributed by atoms with Gasteiger partial charge in [0.05, 0.1) is 10.7 Å². The van der Waals surface area contributed by atoms with Gasteiger partial charge in [-0.05, 0) is 13.3 Å². The monoisotopic (exact) mass is 173 g/mol. The Labute approximate surface area is 70.9 Å². The third-order valence-electron chi connectivity index (χ3n) is 1.36. The lowest BCUT2D eigenvalue weighted by Crippen LogP contribution is -1.84. The van der Waals surface area contributed by atoms with Gasteiger partial charge in [-0.25, -0.2) is 4.98 Å². The van der Waals surface area contributed by atoms with Crippen LogP contribution in [0, 0.1) is 6.92 Å². The summed E-state index contributed by atoms with van der Waals surface area (Å²) < 4.78 is 0. The van der Waals surface area contributed by atoms with Crippen LogP contribution < -0.4 is 0 Å². The Hall–Kier alpha value is -0.0200. The van der Waals surface area contributed by atoms with Crippen LogP contribution in [0.1, 0.15) is 22.5 Å². The maximum absolute atomic E-state index is 4.37. The summed E-state index contributed by atoms with van der Waals surface area (Å²) in [5.41, 5.74) is 1.22. The molecule has 0 amide bonds. The Morgan fingerprint density at radius 3 is 2.70 bits per heavy atom. The molecule has 0 aliphatic rings. The Morgan fingerprint density at radius 1 is 1.60 bits per heavy atom. The Balaban J connectivity index is 2.96. The number of thiazole rings is 1. The lowest BCUT2D eigenvalue weighted by Gasteiger charge is -1.90. The van der Waals surface area contributed by atoms with Gasteiger partial charge < -0.3 is 0 Å². The maximum atomic E-state index is 4.37. The molecule has 0 bridgehead atoms. The molecule has 0 unspecified atom stereocenters. The van der Waals surface area contributed by atoms with E-state index >= 15 is 0 Å². The molecular weight excluding hydrogens is 162 g/mol. The van der Waals surface area contributed by atoms with Gasteiger partial charge in [-0.15, -0.1) is 11.3 Å². The van der Waals surface area contributed by atoms with Gasteiger partial charge in [-0.3, -0.25) is 0 Å². The number of aromatic nitrogens is 1. The largest absolute Gasteiger partial charge is 0.246 e. The maximum Gasteiger partial charge on any atom is 0.0900 e. The quantitative estimate of drug-likeness (QED) is 0.678. The first-order valence-electron chi connectivity index (χ1n) is 3.34. The highest BCUT2D eigenvalue weighted by Crippen LogP contribution is 2.19. The van der Waals surface area contributed by atoms with Gasteiger partial charge in [-0.1, -0.05) is 6.92 Å². The summed E-state index contributed by atoms with van der Waals surface area (Å²) in [5.74, 6) is 0.828. The number of nitrogens with zero attached hydrogens (tertiary/aromatic N) is 1. The first kappa shape index (κ1) is 8.08. The molecule has 3 heteroatoms. The fraction of sp³-hybridized carbons (Fsp3) is 0.571. The first-order chi connectivity index (χ1) is 4.77. The molecule has 0 fully saturated rings. The standard InChI is InChI=1S/C7H11NS2/c1-3-6-7(4-9)10-5(2)8-6/h9H,3-4H2,1-2H3. The molecule has 0 aliphatic heterocycles. The molecule has 0 atom stereocenters. The zero-order chi connectivity index (χ0) is 7.56. The summed E-state index contributed by atoms with van der Waals surface area (Å²) in [6, 6.07) is 0. The molecule has 0 aliphatic carbocycles. The predicted octanol–water partition coefficient (Wildman–Crippen LogP) is 2.44. The minimum atomic E-state index is 0.828. The van der Waals surface area contributed by atoms with Gasteiger partial charge in [-0.2, -0.15) is 12.6 Å². The first-order valence-corrected chi connectivity index (χ1v) is 4.78. The fourth-order valence-corrected chi connectivity index (χ4v) is 2.17. The molecule has 56 valence electrons. The lowest BCUT2D eigenvalue weighted by molar-refractivity contribution is 1.03. The number of aryl methyl sites for hydroxylation is 2. The van der Waals surface area contributed by atoms with Crippen LogP contribution in [0.2, 0.25) is 0 Å². The minimum Gasteiger partial charge on any atom is -0.246 e. The van der Waals surface area contributed by atoms with Gasteiger partial charge in [0, 0.05) is 10.6 Å². The summed E-state index contributed by atoms with van der Waals surface area (Å²) in [6.45, 7) is 4.16. The van der Waals surface area contributed by atoms with E-state index in [1.54, 1.807) is 11.3 Å². The molecule has 1 heterocycles. The molecule has 0 N–H and O–H groups in total. The predicted molar refractivity (Wildman–Crippen MR) is 48.9 cm³/mol. The number of hydrogen-bond donors (Lipinski definition) is 1. The van der Waals surface area contributed by atoms with E-state index in [4.69, 9.17) is 0 Å². The number of rotatable bonds is 2. The molecule has 0 saturated carbocycles. The molecule has 10 heavy (non-hydrogen) atoms. The highest BCUT2D eigenvalue weighted by Gasteiger charge is 2.03. The Kier molecular flexibility index (Phi) is 2.74. The third-order valence-corrected chi connectivity index (χ3v) is 2.91. The van der Waals surface area contributed by atoms with E-state index in [0.29, 0.717) is 0 Å². The second-order valence-electron chi connectivity index (χ2n) is 2.11. The van der Waals surface area contributed by atoms with Crippen molar-refractivity contribution in [1.29, 1.82) is 0 Å². The van der Waals surface area contributed by atoms with Gasteiger partial charge in [0.25, 0.3) is 0 Å². The van der Waals surface area contributed by atoms with Crippen LogP contribution in [-0.2, 0) is 12.2 Å². The van der Waals surface area contributed by atoms with E-state index < -0.39 is 0 Å². The van der Waals surface area contributed by atoms with Crippen molar-refractivity contribution in [2.75, 3.05) is 0 Å². The summed E-state index contributed by atoms with van der Waals surface area (Å²) >= 11 is 5.97. The van der Waals surface area contributed by atoms with E-state index in [1.165, 1.54) is 10.6 Å². The van der Waals surface area contributed by atoms with Crippen molar-refractivity contribution in [3.63, 3.8) is 0 Å². The van der Waals surface area contributed by atoms with E-state index in [0.717, 1.165) is 17.2 Å². The highest BCUT2D eigenvalue weighted by atomic mass is 32.1. The summed E-state index contributed by atoms with van der Waals surface area (Å²) in [4.78, 5) is 5.69. The molecule has 0 aromatic carbocycles. The van der Waals surface area contributed by atoms with Crippen molar-refractivity contribution in [2.45, 2.75) is 26.0 Å². The SMILES string of the molecule is CCc1nc(C)sc1CS. The summed E-state index contributed by atoms with van der Waals surface area (Å²) in [7, 11) is 0. The van der Waals surface area contributed by atoms with Crippen molar-refractivity contribution in [3.8, 4) is 0 Å². The van der Waals surface area contributed by atoms with Crippen LogP contribution in [0.25, 0.3) is 0 Å². The average molecular weight is 173 g/mol. The second kappa shape index (κ2) is 3.39. The average Bonchev–Trinajstić information content (AvgIpc) is 2.30. The smallest absolute Gasteiger partial charge is 0.0900 e. The van der Waals surface area contributed by atoms with Crippen molar-refractivity contribution < 1.29 is 0 Å². The Bertz CT molecular complexity index is 196. The molecule has 1 aromatic heterocycles. The van der Waals surface area contributed by atoms with Crippen LogP contribution in [0.15, 0.2) is 0 Å². The summed E-state index contributed by atoms with van der Waals surface area (Å²) in [5, 5.41) is 1.15. The zero-order valence-electron chi connectivity index (χ0n) is 6.22. The second-order valence-corrected chi connectivity index (χ2v) is 3.72. The summed E-state index contributed by atoms with van der Waals surface area (Å²) in [6.07, 6.45) is 1.03. The third kappa shape index (κ3) is 1.52. The minimum absolute atomic E-state index is 0.828. The molecule has 1 aromatic rings. The van der Waals surface area contributed by atoms with Gasteiger partial charge in [0.2, 0.25) is 0 Å². The van der Waals surface area contributed by atoms with Crippen LogP contribution >= 0.6 is 24.0 Å². The topological polar surface area (TPSA) is 12.9 Å². The van der Waals surface area contributed by atoms with Gasteiger partial charge in [0.1, 0.15) is 0 Å². The number of hydrogen-bond acceptors (Lipinski definition) is 3. The zero-order valence-corrected chi connectivity index (χ0v) is 7.93. The normalized spacial score (nSPS) is 10.3. The highest BCUT2D eigenvalue weighted by molar-refractivity contribution is 7.79. The molecule has 1 nitrogen and oxygen atoms in total. The van der Waals surface area contributed by atoms with E-state index in [-0.39, 0.29) is 0 Å². The lowest BCUT2D eigenvalue weighted by atomic mass is 10.3. The fourth-order valence-electron chi connectivity index (χ4n) is 0.912.